The zero-order valence-electron chi connectivity index (χ0n) is 10.2. The number of phenols is 1. The van der Waals surface area contributed by atoms with Gasteiger partial charge >= 0.3 is 0 Å². The standard InChI is InChI=1S/C15H21NO/c17-15-8-6-13(7-9-15)16-14-3-1-2-12(10-14)11-4-5-11/h6-9,11-12,14,16-17H,1-5,10H2. The Morgan fingerprint density at radius 2 is 1.71 bits per heavy atom. The van der Waals surface area contributed by atoms with Crippen LogP contribution in [0.5, 0.6) is 5.75 Å². The van der Waals surface area contributed by atoms with Crippen molar-refractivity contribution < 1.29 is 5.11 Å². The average molecular weight is 231 g/mol. The third kappa shape index (κ3) is 2.74. The van der Waals surface area contributed by atoms with Crippen LogP contribution in [0.4, 0.5) is 5.69 Å². The quantitative estimate of drug-likeness (QED) is 0.776. The van der Waals surface area contributed by atoms with Crippen molar-refractivity contribution in [3.05, 3.63) is 24.3 Å². The summed E-state index contributed by atoms with van der Waals surface area (Å²) in [5.74, 6) is 2.35. The van der Waals surface area contributed by atoms with E-state index in [0.29, 0.717) is 11.8 Å². The molecule has 0 spiro atoms. The number of hydrogen-bond donors (Lipinski definition) is 2. The number of hydrogen-bond acceptors (Lipinski definition) is 2. The summed E-state index contributed by atoms with van der Waals surface area (Å²) in [5.41, 5.74) is 1.14. The molecule has 2 saturated carbocycles. The van der Waals surface area contributed by atoms with Crippen molar-refractivity contribution >= 4 is 5.69 Å². The first-order valence-electron chi connectivity index (χ1n) is 6.87. The summed E-state index contributed by atoms with van der Waals surface area (Å²) in [6.45, 7) is 0. The van der Waals surface area contributed by atoms with E-state index >= 15 is 0 Å². The normalized spacial score (nSPS) is 28.9. The van der Waals surface area contributed by atoms with Gasteiger partial charge in [-0.25, -0.2) is 0 Å². The topological polar surface area (TPSA) is 32.3 Å². The molecule has 0 heterocycles. The minimum Gasteiger partial charge on any atom is -0.508 e. The molecule has 2 unspecified atom stereocenters. The van der Waals surface area contributed by atoms with E-state index in [1.807, 2.05) is 12.1 Å². The summed E-state index contributed by atoms with van der Waals surface area (Å²) >= 11 is 0. The fraction of sp³-hybridized carbons (Fsp3) is 0.600. The van der Waals surface area contributed by atoms with Crippen LogP contribution in [0.15, 0.2) is 24.3 Å². The molecule has 0 radical (unpaired) electrons. The molecule has 2 heteroatoms. The van der Waals surface area contributed by atoms with Crippen LogP contribution in [0.2, 0.25) is 0 Å². The minimum atomic E-state index is 0.343. The van der Waals surface area contributed by atoms with E-state index in [9.17, 15) is 5.11 Å². The monoisotopic (exact) mass is 231 g/mol. The summed E-state index contributed by atoms with van der Waals surface area (Å²) in [7, 11) is 0. The lowest BCUT2D eigenvalue weighted by Gasteiger charge is -2.30. The van der Waals surface area contributed by atoms with E-state index < -0.39 is 0 Å². The molecule has 1 aromatic carbocycles. The maximum atomic E-state index is 9.26. The highest BCUT2D eigenvalue weighted by molar-refractivity contribution is 5.46. The molecule has 92 valence electrons. The lowest BCUT2D eigenvalue weighted by atomic mass is 9.82. The summed E-state index contributed by atoms with van der Waals surface area (Å²) in [6.07, 6.45) is 8.39. The van der Waals surface area contributed by atoms with Gasteiger partial charge in [-0.05, 0) is 61.8 Å². The Kier molecular flexibility index (Phi) is 2.96. The number of rotatable bonds is 3. The maximum absolute atomic E-state index is 9.26. The van der Waals surface area contributed by atoms with Gasteiger partial charge in [0.1, 0.15) is 5.75 Å². The van der Waals surface area contributed by atoms with Gasteiger partial charge in [0.2, 0.25) is 0 Å². The molecule has 2 aliphatic carbocycles. The molecule has 0 bridgehead atoms. The predicted octanol–water partition coefficient (Wildman–Crippen LogP) is 3.77. The van der Waals surface area contributed by atoms with Gasteiger partial charge in [0.05, 0.1) is 0 Å². The van der Waals surface area contributed by atoms with Gasteiger partial charge in [0.25, 0.3) is 0 Å². The Labute approximate surface area is 103 Å². The summed E-state index contributed by atoms with van der Waals surface area (Å²) in [5, 5.41) is 12.9. The number of anilines is 1. The molecule has 2 N–H and O–H groups in total. The van der Waals surface area contributed by atoms with E-state index in [4.69, 9.17) is 0 Å². The Morgan fingerprint density at radius 3 is 2.41 bits per heavy atom. The molecule has 2 atom stereocenters. The highest BCUT2D eigenvalue weighted by atomic mass is 16.3. The first-order chi connectivity index (χ1) is 8.31. The molecule has 0 amide bonds. The number of phenolic OH excluding ortho intramolecular Hbond substituents is 1. The van der Waals surface area contributed by atoms with Crippen LogP contribution in [-0.4, -0.2) is 11.1 Å². The molecule has 2 fully saturated rings. The van der Waals surface area contributed by atoms with Crippen molar-refractivity contribution in [2.45, 2.75) is 44.6 Å². The largest absolute Gasteiger partial charge is 0.508 e. The fourth-order valence-electron chi connectivity index (χ4n) is 3.15. The van der Waals surface area contributed by atoms with E-state index in [1.54, 1.807) is 12.1 Å². The third-order valence-electron chi connectivity index (χ3n) is 4.24. The molecular formula is C15H21NO. The van der Waals surface area contributed by atoms with Crippen molar-refractivity contribution in [3.63, 3.8) is 0 Å². The summed E-state index contributed by atoms with van der Waals surface area (Å²) < 4.78 is 0. The second-order valence-electron chi connectivity index (χ2n) is 5.65. The number of aromatic hydroxyl groups is 1. The molecule has 0 aromatic heterocycles. The smallest absolute Gasteiger partial charge is 0.115 e. The van der Waals surface area contributed by atoms with Gasteiger partial charge in [-0.2, -0.15) is 0 Å². The lowest BCUT2D eigenvalue weighted by molar-refractivity contribution is 0.303. The van der Waals surface area contributed by atoms with Gasteiger partial charge in [0, 0.05) is 11.7 Å². The first kappa shape index (κ1) is 10.9. The van der Waals surface area contributed by atoms with Gasteiger partial charge in [-0.1, -0.05) is 12.8 Å². The predicted molar refractivity (Wildman–Crippen MR) is 70.2 cm³/mol. The Balaban J connectivity index is 1.58. The van der Waals surface area contributed by atoms with Crippen LogP contribution >= 0.6 is 0 Å². The van der Waals surface area contributed by atoms with E-state index in [1.165, 1.54) is 38.5 Å². The molecule has 0 saturated heterocycles. The highest BCUT2D eigenvalue weighted by Gasteiger charge is 2.34. The maximum Gasteiger partial charge on any atom is 0.115 e. The van der Waals surface area contributed by atoms with Crippen LogP contribution in [0.3, 0.4) is 0 Å². The van der Waals surface area contributed by atoms with Gasteiger partial charge < -0.3 is 10.4 Å². The molecule has 17 heavy (non-hydrogen) atoms. The van der Waals surface area contributed by atoms with Crippen molar-refractivity contribution in [3.8, 4) is 5.75 Å². The molecule has 2 nitrogen and oxygen atoms in total. The van der Waals surface area contributed by atoms with Crippen molar-refractivity contribution in [2.24, 2.45) is 11.8 Å². The molecule has 1 aromatic rings. The van der Waals surface area contributed by atoms with Crippen LogP contribution in [0.25, 0.3) is 0 Å². The Morgan fingerprint density at radius 1 is 0.941 bits per heavy atom. The molecule has 0 aliphatic heterocycles. The lowest BCUT2D eigenvalue weighted by Crippen LogP contribution is -2.28. The molecule has 2 aliphatic rings. The zero-order valence-corrected chi connectivity index (χ0v) is 10.2. The van der Waals surface area contributed by atoms with Gasteiger partial charge in [-0.3, -0.25) is 0 Å². The average Bonchev–Trinajstić information content (AvgIpc) is 3.17. The number of benzene rings is 1. The van der Waals surface area contributed by atoms with Crippen molar-refractivity contribution in [1.82, 2.24) is 0 Å². The number of nitrogens with one attached hydrogen (secondary N) is 1. The molecular weight excluding hydrogens is 210 g/mol. The third-order valence-corrected chi connectivity index (χ3v) is 4.24. The highest BCUT2D eigenvalue weighted by Crippen LogP contribution is 2.44. The van der Waals surface area contributed by atoms with Crippen LogP contribution in [0.1, 0.15) is 38.5 Å². The van der Waals surface area contributed by atoms with E-state index in [0.717, 1.165) is 17.5 Å². The van der Waals surface area contributed by atoms with Gasteiger partial charge in [-0.15, -0.1) is 0 Å². The van der Waals surface area contributed by atoms with Crippen LogP contribution in [0, 0.1) is 11.8 Å². The van der Waals surface area contributed by atoms with Crippen molar-refractivity contribution in [2.75, 3.05) is 5.32 Å². The van der Waals surface area contributed by atoms with E-state index in [2.05, 4.69) is 5.32 Å². The zero-order chi connectivity index (χ0) is 11.7. The van der Waals surface area contributed by atoms with Crippen LogP contribution in [-0.2, 0) is 0 Å². The first-order valence-corrected chi connectivity index (χ1v) is 6.87. The Bertz CT molecular complexity index is 369. The van der Waals surface area contributed by atoms with Crippen molar-refractivity contribution in [1.29, 1.82) is 0 Å². The van der Waals surface area contributed by atoms with Crippen LogP contribution < -0.4 is 5.32 Å². The SMILES string of the molecule is Oc1ccc(NC2CCCC(C3CC3)C2)cc1. The minimum absolute atomic E-state index is 0.343. The second-order valence-corrected chi connectivity index (χ2v) is 5.65. The van der Waals surface area contributed by atoms with Gasteiger partial charge in [0.15, 0.2) is 0 Å². The summed E-state index contributed by atoms with van der Waals surface area (Å²) in [4.78, 5) is 0. The second kappa shape index (κ2) is 4.59. The van der Waals surface area contributed by atoms with E-state index in [-0.39, 0.29) is 0 Å². The molecule has 3 rings (SSSR count). The Hall–Kier alpha value is -1.18. The summed E-state index contributed by atoms with van der Waals surface area (Å²) in [6, 6.07) is 8.08. The fourth-order valence-corrected chi connectivity index (χ4v) is 3.15.